The molecule has 1 saturated heterocycles. The van der Waals surface area contributed by atoms with Gasteiger partial charge in [-0.05, 0) is 104 Å². The molecule has 8 nitrogen and oxygen atoms in total. The third kappa shape index (κ3) is 6.40. The van der Waals surface area contributed by atoms with Gasteiger partial charge >= 0.3 is 6.03 Å². The Kier molecular flexibility index (Phi) is 8.33. The maximum absolute atomic E-state index is 13.1. The smallest absolute Gasteiger partial charge is 0.335 e. The highest BCUT2D eigenvalue weighted by molar-refractivity contribution is 9.11. The van der Waals surface area contributed by atoms with Gasteiger partial charge in [-0.1, -0.05) is 23.2 Å². The van der Waals surface area contributed by atoms with Gasteiger partial charge in [0.1, 0.15) is 11.3 Å². The van der Waals surface area contributed by atoms with Gasteiger partial charge in [0.25, 0.3) is 17.7 Å². The highest BCUT2D eigenvalue weighted by Gasteiger charge is 2.36. The number of barbiturate groups is 1. The zero-order valence-corrected chi connectivity index (χ0v) is 23.2. The predicted octanol–water partition coefficient (Wildman–Crippen LogP) is 6.20. The van der Waals surface area contributed by atoms with E-state index in [1.807, 2.05) is 0 Å². The molecule has 12 heteroatoms. The van der Waals surface area contributed by atoms with Gasteiger partial charge in [0.2, 0.25) is 0 Å². The SMILES string of the molecule is O=C(COc1c(Br)cc(/C=C2\C(=O)NC(=O)N(c3ccc(Cl)cc3)C2=O)cc1Br)Nc1ccc(Cl)cc1. The number of hydrogen-bond acceptors (Lipinski definition) is 5. The molecular formula is C25H15Br2Cl2N3O5. The minimum atomic E-state index is -0.863. The molecule has 2 N–H and O–H groups in total. The highest BCUT2D eigenvalue weighted by atomic mass is 79.9. The monoisotopic (exact) mass is 665 g/mol. The predicted molar refractivity (Wildman–Crippen MR) is 148 cm³/mol. The van der Waals surface area contributed by atoms with Crippen LogP contribution in [-0.2, 0) is 14.4 Å². The van der Waals surface area contributed by atoms with Crippen molar-refractivity contribution >= 4 is 96.3 Å². The number of halogens is 4. The average Bonchev–Trinajstić information content (AvgIpc) is 2.84. The molecule has 0 bridgehead atoms. The van der Waals surface area contributed by atoms with E-state index in [1.165, 1.54) is 30.3 Å². The van der Waals surface area contributed by atoms with Crippen LogP contribution >= 0.6 is 55.1 Å². The summed E-state index contributed by atoms with van der Waals surface area (Å²) >= 11 is 18.5. The topological polar surface area (TPSA) is 105 Å². The quantitative estimate of drug-likeness (QED) is 0.241. The van der Waals surface area contributed by atoms with Crippen LogP contribution < -0.4 is 20.3 Å². The number of benzene rings is 3. The van der Waals surface area contributed by atoms with Gasteiger partial charge in [0.15, 0.2) is 6.61 Å². The van der Waals surface area contributed by atoms with Crippen LogP contribution in [-0.4, -0.2) is 30.4 Å². The standard InChI is InChI=1S/C25H15Br2Cl2N3O5/c26-19-10-13(11-20(27)22(19)37-12-21(33)30-16-5-1-14(28)2-6-16)9-18-23(34)31-25(36)32(24(18)35)17-7-3-15(29)4-8-17/h1-11H,12H2,(H,30,33)(H,31,34,36)/b18-9+. The Balaban J connectivity index is 1.51. The largest absolute Gasteiger partial charge is 0.481 e. The summed E-state index contributed by atoms with van der Waals surface area (Å²) in [5.41, 5.74) is 1.04. The first-order chi connectivity index (χ1) is 17.6. The molecule has 0 spiro atoms. The average molecular weight is 668 g/mol. The van der Waals surface area contributed by atoms with Gasteiger partial charge in [-0.15, -0.1) is 0 Å². The van der Waals surface area contributed by atoms with E-state index in [1.54, 1.807) is 36.4 Å². The van der Waals surface area contributed by atoms with Crippen LogP contribution in [0.4, 0.5) is 16.2 Å². The minimum absolute atomic E-state index is 0.246. The van der Waals surface area contributed by atoms with Gasteiger partial charge in [0.05, 0.1) is 14.6 Å². The van der Waals surface area contributed by atoms with Crippen LogP contribution in [0.5, 0.6) is 5.75 Å². The molecule has 3 aromatic rings. The summed E-state index contributed by atoms with van der Waals surface area (Å²) in [4.78, 5) is 51.0. The molecule has 0 saturated carbocycles. The van der Waals surface area contributed by atoms with Crippen molar-refractivity contribution in [2.75, 3.05) is 16.8 Å². The van der Waals surface area contributed by atoms with E-state index >= 15 is 0 Å². The van der Waals surface area contributed by atoms with Crippen LogP contribution in [0.15, 0.2) is 75.2 Å². The van der Waals surface area contributed by atoms with Gasteiger partial charge in [-0.25, -0.2) is 9.69 Å². The number of ether oxygens (including phenoxy) is 1. The van der Waals surface area contributed by atoms with Crippen LogP contribution in [0.25, 0.3) is 6.08 Å². The first-order valence-corrected chi connectivity index (χ1v) is 12.8. The molecule has 3 aromatic carbocycles. The summed E-state index contributed by atoms with van der Waals surface area (Å²) in [6, 6.07) is 15.0. The summed E-state index contributed by atoms with van der Waals surface area (Å²) in [7, 11) is 0. The number of nitrogens with zero attached hydrogens (tertiary/aromatic N) is 1. The Morgan fingerprint density at radius 3 is 2.11 bits per heavy atom. The van der Waals surface area contributed by atoms with Crippen molar-refractivity contribution < 1.29 is 23.9 Å². The molecule has 188 valence electrons. The maximum atomic E-state index is 13.1. The Labute approximate surface area is 237 Å². The molecule has 37 heavy (non-hydrogen) atoms. The van der Waals surface area contributed by atoms with Crippen molar-refractivity contribution in [1.82, 2.24) is 5.32 Å². The van der Waals surface area contributed by atoms with Crippen molar-refractivity contribution in [1.29, 1.82) is 0 Å². The zero-order valence-electron chi connectivity index (χ0n) is 18.6. The second kappa shape index (κ2) is 11.5. The van der Waals surface area contributed by atoms with E-state index in [0.29, 0.717) is 36.0 Å². The number of amides is 5. The third-order valence-electron chi connectivity index (χ3n) is 4.99. The van der Waals surface area contributed by atoms with Crippen molar-refractivity contribution in [3.05, 3.63) is 90.8 Å². The fraction of sp³-hybridized carbons (Fsp3) is 0.0400. The number of anilines is 2. The zero-order chi connectivity index (χ0) is 26.7. The maximum Gasteiger partial charge on any atom is 0.335 e. The summed E-state index contributed by atoms with van der Waals surface area (Å²) in [6.07, 6.45) is 1.35. The first-order valence-electron chi connectivity index (χ1n) is 10.5. The van der Waals surface area contributed by atoms with Crippen LogP contribution in [0.3, 0.4) is 0 Å². The molecule has 0 unspecified atom stereocenters. The van der Waals surface area contributed by atoms with Crippen molar-refractivity contribution in [2.24, 2.45) is 0 Å². The third-order valence-corrected chi connectivity index (χ3v) is 6.68. The molecule has 0 atom stereocenters. The lowest BCUT2D eigenvalue weighted by Crippen LogP contribution is -2.54. The summed E-state index contributed by atoms with van der Waals surface area (Å²) in [5.74, 6) is -1.66. The van der Waals surface area contributed by atoms with E-state index in [-0.39, 0.29) is 23.8 Å². The molecule has 0 aromatic heterocycles. The molecular weight excluding hydrogens is 653 g/mol. The van der Waals surface area contributed by atoms with Gasteiger partial charge in [-0.2, -0.15) is 0 Å². The number of nitrogens with one attached hydrogen (secondary N) is 2. The van der Waals surface area contributed by atoms with Gasteiger partial charge in [-0.3, -0.25) is 19.7 Å². The summed E-state index contributed by atoms with van der Waals surface area (Å²) in [6.45, 7) is -0.278. The van der Waals surface area contributed by atoms with Crippen LogP contribution in [0.2, 0.25) is 10.0 Å². The van der Waals surface area contributed by atoms with Crippen LogP contribution in [0.1, 0.15) is 5.56 Å². The second-order valence-corrected chi connectivity index (χ2v) is 10.2. The molecule has 4 rings (SSSR count). The Morgan fingerprint density at radius 2 is 1.51 bits per heavy atom. The lowest BCUT2D eigenvalue weighted by atomic mass is 10.1. The molecule has 0 aliphatic carbocycles. The fourth-order valence-electron chi connectivity index (χ4n) is 3.32. The van der Waals surface area contributed by atoms with Crippen molar-refractivity contribution in [2.45, 2.75) is 0 Å². The number of carbonyl (C=O) groups excluding carboxylic acids is 4. The normalized spacial score (nSPS) is 14.5. The van der Waals surface area contributed by atoms with Crippen molar-refractivity contribution in [3.8, 4) is 5.75 Å². The van der Waals surface area contributed by atoms with Crippen LogP contribution in [0, 0.1) is 0 Å². The molecule has 0 radical (unpaired) electrons. The van der Waals surface area contributed by atoms with Gasteiger partial charge in [0, 0.05) is 15.7 Å². The molecule has 5 amide bonds. The lowest BCUT2D eigenvalue weighted by molar-refractivity contribution is -0.122. The molecule has 1 fully saturated rings. The van der Waals surface area contributed by atoms with E-state index in [2.05, 4.69) is 42.5 Å². The van der Waals surface area contributed by atoms with Gasteiger partial charge < -0.3 is 10.1 Å². The minimum Gasteiger partial charge on any atom is -0.481 e. The van der Waals surface area contributed by atoms with E-state index in [9.17, 15) is 19.2 Å². The van der Waals surface area contributed by atoms with E-state index in [4.69, 9.17) is 27.9 Å². The molecule has 1 aliphatic heterocycles. The number of hydrogen-bond donors (Lipinski definition) is 2. The number of imide groups is 2. The first kappa shape index (κ1) is 26.9. The highest BCUT2D eigenvalue weighted by Crippen LogP contribution is 2.36. The Hall–Kier alpha value is -3.18. The number of rotatable bonds is 6. The van der Waals surface area contributed by atoms with E-state index < -0.39 is 17.8 Å². The molecule has 1 heterocycles. The van der Waals surface area contributed by atoms with Crippen molar-refractivity contribution in [3.63, 3.8) is 0 Å². The summed E-state index contributed by atoms with van der Waals surface area (Å²) in [5, 5.41) is 5.84. The number of carbonyl (C=O) groups is 4. The lowest BCUT2D eigenvalue weighted by Gasteiger charge is -2.26. The molecule has 1 aliphatic rings. The second-order valence-electron chi connectivity index (χ2n) is 7.59. The fourth-order valence-corrected chi connectivity index (χ4v) is 5.02. The Bertz CT molecular complexity index is 1420. The number of urea groups is 1. The van der Waals surface area contributed by atoms with E-state index in [0.717, 1.165) is 4.90 Å². The Morgan fingerprint density at radius 1 is 0.946 bits per heavy atom. The summed E-state index contributed by atoms with van der Waals surface area (Å²) < 4.78 is 6.57.